The highest BCUT2D eigenvalue weighted by molar-refractivity contribution is 5.72. The molecule has 0 N–H and O–H groups in total. The molecule has 0 atom stereocenters. The standard InChI is InChI=1S/C21H25FO3/c1-14-8-18(25-13-21(3)11-24-12-21)20(22)15(2)19(14)17-7-5-6-16(9-17)10-23-4/h5-9H,10-13H2,1-4H3. The maximum atomic E-state index is 14.9. The number of halogens is 1. The van der Waals surface area contributed by atoms with Crippen LogP contribution in [0.25, 0.3) is 11.1 Å². The van der Waals surface area contributed by atoms with Crippen LogP contribution in [0.5, 0.6) is 5.75 Å². The molecule has 0 aromatic heterocycles. The summed E-state index contributed by atoms with van der Waals surface area (Å²) in [6.45, 7) is 8.22. The van der Waals surface area contributed by atoms with E-state index in [0.29, 0.717) is 37.7 Å². The SMILES string of the molecule is COCc1cccc(-c2c(C)cc(OCC3(C)COC3)c(F)c2C)c1. The average Bonchev–Trinajstić information content (AvgIpc) is 2.56. The Balaban J connectivity index is 1.91. The van der Waals surface area contributed by atoms with Crippen LogP contribution in [-0.4, -0.2) is 26.9 Å². The molecular weight excluding hydrogens is 319 g/mol. The van der Waals surface area contributed by atoms with Crippen molar-refractivity contribution in [2.24, 2.45) is 5.41 Å². The second-order valence-electron chi connectivity index (χ2n) is 7.23. The van der Waals surface area contributed by atoms with Crippen LogP contribution in [0.4, 0.5) is 4.39 Å². The molecule has 1 saturated heterocycles. The van der Waals surface area contributed by atoms with Crippen LogP contribution in [-0.2, 0) is 16.1 Å². The second-order valence-corrected chi connectivity index (χ2v) is 7.23. The summed E-state index contributed by atoms with van der Waals surface area (Å²) in [6, 6.07) is 9.82. The Morgan fingerprint density at radius 1 is 1.20 bits per heavy atom. The molecule has 2 aromatic rings. The lowest BCUT2D eigenvalue weighted by Gasteiger charge is -2.37. The van der Waals surface area contributed by atoms with Gasteiger partial charge in [0.1, 0.15) is 0 Å². The van der Waals surface area contributed by atoms with Crippen LogP contribution >= 0.6 is 0 Å². The van der Waals surface area contributed by atoms with Crippen LogP contribution in [0.15, 0.2) is 30.3 Å². The first-order valence-corrected chi connectivity index (χ1v) is 8.52. The van der Waals surface area contributed by atoms with Crippen molar-refractivity contribution in [1.29, 1.82) is 0 Å². The van der Waals surface area contributed by atoms with Gasteiger partial charge in [0, 0.05) is 12.5 Å². The van der Waals surface area contributed by atoms with E-state index >= 15 is 0 Å². The highest BCUT2D eigenvalue weighted by atomic mass is 19.1. The number of methoxy groups -OCH3 is 1. The first-order chi connectivity index (χ1) is 11.9. The van der Waals surface area contributed by atoms with E-state index in [2.05, 4.69) is 6.92 Å². The van der Waals surface area contributed by atoms with Crippen LogP contribution in [0.1, 0.15) is 23.6 Å². The van der Waals surface area contributed by atoms with Gasteiger partial charge in [0.15, 0.2) is 11.6 Å². The monoisotopic (exact) mass is 344 g/mol. The first-order valence-electron chi connectivity index (χ1n) is 8.52. The van der Waals surface area contributed by atoms with Gasteiger partial charge >= 0.3 is 0 Å². The molecule has 0 aliphatic carbocycles. The molecule has 3 nitrogen and oxygen atoms in total. The molecular formula is C21H25FO3. The first kappa shape index (κ1) is 17.9. The summed E-state index contributed by atoms with van der Waals surface area (Å²) >= 11 is 0. The summed E-state index contributed by atoms with van der Waals surface area (Å²) in [4.78, 5) is 0. The molecule has 1 aliphatic rings. The molecule has 3 rings (SSSR count). The van der Waals surface area contributed by atoms with Gasteiger partial charge in [-0.2, -0.15) is 0 Å². The Kier molecular flexibility index (Phi) is 5.11. The van der Waals surface area contributed by atoms with E-state index in [1.54, 1.807) is 13.2 Å². The van der Waals surface area contributed by atoms with Crippen molar-refractivity contribution in [1.82, 2.24) is 0 Å². The summed E-state index contributed by atoms with van der Waals surface area (Å²) in [7, 11) is 1.67. The number of hydrogen-bond donors (Lipinski definition) is 0. The van der Waals surface area contributed by atoms with Gasteiger partial charge in [-0.1, -0.05) is 25.1 Å². The van der Waals surface area contributed by atoms with Crippen molar-refractivity contribution in [3.8, 4) is 16.9 Å². The third-order valence-electron chi connectivity index (χ3n) is 4.67. The predicted octanol–water partition coefficient (Wildman–Crippen LogP) is 4.67. The zero-order valence-electron chi connectivity index (χ0n) is 15.3. The molecule has 0 amide bonds. The van der Waals surface area contributed by atoms with E-state index in [-0.39, 0.29) is 11.2 Å². The number of ether oxygens (including phenoxy) is 3. The van der Waals surface area contributed by atoms with Gasteiger partial charge in [0.2, 0.25) is 0 Å². The minimum atomic E-state index is -0.290. The zero-order chi connectivity index (χ0) is 18.0. The van der Waals surface area contributed by atoms with Gasteiger partial charge < -0.3 is 14.2 Å². The van der Waals surface area contributed by atoms with Gasteiger partial charge in [-0.15, -0.1) is 0 Å². The van der Waals surface area contributed by atoms with E-state index < -0.39 is 0 Å². The van der Waals surface area contributed by atoms with Crippen molar-refractivity contribution in [3.05, 3.63) is 52.8 Å². The highest BCUT2D eigenvalue weighted by Crippen LogP contribution is 2.36. The molecule has 0 unspecified atom stereocenters. The van der Waals surface area contributed by atoms with Crippen molar-refractivity contribution in [2.75, 3.05) is 26.9 Å². The van der Waals surface area contributed by atoms with Gasteiger partial charge in [0.25, 0.3) is 0 Å². The number of rotatable bonds is 6. The molecule has 1 heterocycles. The van der Waals surface area contributed by atoms with Crippen LogP contribution in [0.2, 0.25) is 0 Å². The molecule has 2 aromatic carbocycles. The topological polar surface area (TPSA) is 27.7 Å². The third kappa shape index (κ3) is 3.70. The summed E-state index contributed by atoms with van der Waals surface area (Å²) < 4.78 is 31.1. The second kappa shape index (κ2) is 7.14. The highest BCUT2D eigenvalue weighted by Gasteiger charge is 2.34. The Morgan fingerprint density at radius 2 is 1.96 bits per heavy atom. The Hall–Kier alpha value is -1.91. The molecule has 134 valence electrons. The smallest absolute Gasteiger partial charge is 0.168 e. The lowest BCUT2D eigenvalue weighted by atomic mass is 9.90. The molecule has 25 heavy (non-hydrogen) atoms. The normalized spacial score (nSPS) is 15.7. The van der Waals surface area contributed by atoms with Crippen molar-refractivity contribution < 1.29 is 18.6 Å². The minimum absolute atomic E-state index is 0.0125. The Labute approximate surface area is 148 Å². The molecule has 4 heteroatoms. The van der Waals surface area contributed by atoms with Gasteiger partial charge in [-0.25, -0.2) is 4.39 Å². The van der Waals surface area contributed by atoms with Crippen molar-refractivity contribution in [2.45, 2.75) is 27.4 Å². The summed E-state index contributed by atoms with van der Waals surface area (Å²) in [5.74, 6) is 0.0292. The number of benzene rings is 2. The van der Waals surface area contributed by atoms with Gasteiger partial charge in [-0.05, 0) is 53.8 Å². The molecule has 1 aliphatic heterocycles. The molecule has 1 fully saturated rings. The van der Waals surface area contributed by atoms with E-state index in [1.165, 1.54) is 0 Å². The summed E-state index contributed by atoms with van der Waals surface area (Å²) in [6.07, 6.45) is 0. The quantitative estimate of drug-likeness (QED) is 0.762. The summed E-state index contributed by atoms with van der Waals surface area (Å²) in [5.41, 5.74) is 4.58. The van der Waals surface area contributed by atoms with E-state index in [1.807, 2.05) is 38.1 Å². The molecule has 0 bridgehead atoms. The van der Waals surface area contributed by atoms with Gasteiger partial charge in [-0.3, -0.25) is 0 Å². The van der Waals surface area contributed by atoms with Crippen LogP contribution < -0.4 is 4.74 Å². The molecule has 0 radical (unpaired) electrons. The Morgan fingerprint density at radius 3 is 2.60 bits per heavy atom. The number of hydrogen-bond acceptors (Lipinski definition) is 3. The largest absolute Gasteiger partial charge is 0.490 e. The van der Waals surface area contributed by atoms with Crippen LogP contribution in [0, 0.1) is 25.1 Å². The van der Waals surface area contributed by atoms with Crippen LogP contribution in [0.3, 0.4) is 0 Å². The Bertz CT molecular complexity index is 766. The lowest BCUT2D eigenvalue weighted by Crippen LogP contribution is -2.44. The molecule has 0 saturated carbocycles. The maximum absolute atomic E-state index is 14.9. The fourth-order valence-corrected chi connectivity index (χ4v) is 3.24. The fraction of sp³-hybridized carbons (Fsp3) is 0.429. The predicted molar refractivity (Wildman–Crippen MR) is 96.4 cm³/mol. The van der Waals surface area contributed by atoms with E-state index in [9.17, 15) is 4.39 Å². The number of aryl methyl sites for hydroxylation is 1. The van der Waals surface area contributed by atoms with Crippen molar-refractivity contribution in [3.63, 3.8) is 0 Å². The van der Waals surface area contributed by atoms with Crippen molar-refractivity contribution >= 4 is 0 Å². The maximum Gasteiger partial charge on any atom is 0.168 e. The van der Waals surface area contributed by atoms with E-state index in [4.69, 9.17) is 14.2 Å². The lowest BCUT2D eigenvalue weighted by molar-refractivity contribution is -0.120. The van der Waals surface area contributed by atoms with Gasteiger partial charge in [0.05, 0.1) is 26.4 Å². The molecule has 0 spiro atoms. The zero-order valence-corrected chi connectivity index (χ0v) is 15.3. The summed E-state index contributed by atoms with van der Waals surface area (Å²) in [5, 5.41) is 0. The van der Waals surface area contributed by atoms with E-state index in [0.717, 1.165) is 22.3 Å². The third-order valence-corrected chi connectivity index (χ3v) is 4.67. The average molecular weight is 344 g/mol. The fourth-order valence-electron chi connectivity index (χ4n) is 3.24. The minimum Gasteiger partial charge on any atom is -0.490 e.